The summed E-state index contributed by atoms with van der Waals surface area (Å²) in [5, 5.41) is 2.75. The van der Waals surface area contributed by atoms with Gasteiger partial charge in [0.25, 0.3) is 5.91 Å². The van der Waals surface area contributed by atoms with Crippen LogP contribution in [0.1, 0.15) is 17.2 Å². The summed E-state index contributed by atoms with van der Waals surface area (Å²) in [5.41, 5.74) is 2.60. The van der Waals surface area contributed by atoms with Crippen molar-refractivity contribution in [1.82, 2.24) is 0 Å². The van der Waals surface area contributed by atoms with Crippen molar-refractivity contribution >= 4 is 11.6 Å². The Balaban J connectivity index is 1.80. The number of rotatable bonds is 2. The number of fused-ring (bicyclic) bond motifs is 1. The maximum Gasteiger partial charge on any atom is 0.258 e. The summed E-state index contributed by atoms with van der Waals surface area (Å²) in [4.78, 5) is 12.3. The van der Waals surface area contributed by atoms with Crippen LogP contribution in [-0.4, -0.2) is 12.5 Å². The van der Waals surface area contributed by atoms with Gasteiger partial charge >= 0.3 is 0 Å². The fraction of sp³-hybridized carbons (Fsp3) is 0.188. The maximum absolute atomic E-state index is 12.8. The molecule has 1 amide bonds. The van der Waals surface area contributed by atoms with Crippen molar-refractivity contribution in [2.45, 2.75) is 12.5 Å². The first-order valence-electron chi connectivity index (χ1n) is 6.50. The van der Waals surface area contributed by atoms with E-state index in [9.17, 15) is 9.18 Å². The van der Waals surface area contributed by atoms with Gasteiger partial charge in [0.1, 0.15) is 5.82 Å². The number of halogens is 1. The highest BCUT2D eigenvalue weighted by Crippen LogP contribution is 2.28. The van der Waals surface area contributed by atoms with Gasteiger partial charge in [-0.2, -0.15) is 0 Å². The second kappa shape index (κ2) is 5.43. The highest BCUT2D eigenvalue weighted by molar-refractivity contribution is 5.95. The van der Waals surface area contributed by atoms with Gasteiger partial charge < -0.3 is 10.1 Å². The van der Waals surface area contributed by atoms with E-state index in [1.54, 1.807) is 0 Å². The molecule has 0 aromatic heterocycles. The van der Waals surface area contributed by atoms with Gasteiger partial charge in [-0.15, -0.1) is 0 Å². The molecule has 1 aliphatic rings. The molecule has 1 N–H and O–H groups in total. The molecule has 102 valence electrons. The Labute approximate surface area is 116 Å². The van der Waals surface area contributed by atoms with Crippen molar-refractivity contribution in [3.63, 3.8) is 0 Å². The van der Waals surface area contributed by atoms with Gasteiger partial charge in [0.2, 0.25) is 0 Å². The molecule has 3 rings (SSSR count). The van der Waals surface area contributed by atoms with Crippen LogP contribution in [0.5, 0.6) is 0 Å². The van der Waals surface area contributed by atoms with Crippen LogP contribution in [-0.2, 0) is 16.0 Å². The highest BCUT2D eigenvalue weighted by atomic mass is 19.1. The molecule has 20 heavy (non-hydrogen) atoms. The number of amides is 1. The standard InChI is InChI=1S/C16H14FNO2/c17-12-5-7-13(8-6-12)18-16(19)15-14-4-2-1-3-11(14)9-10-20-15/h1-8,15H,9-10H2,(H,18,19)/t15-/m0/s1. The van der Waals surface area contributed by atoms with Crippen molar-refractivity contribution in [2.24, 2.45) is 0 Å². The summed E-state index contributed by atoms with van der Waals surface area (Å²) in [6.45, 7) is 0.526. The topological polar surface area (TPSA) is 38.3 Å². The SMILES string of the molecule is O=C(Nc1ccc(F)cc1)[C@H]1OCCc2ccccc21. The molecule has 0 spiro atoms. The van der Waals surface area contributed by atoms with Crippen molar-refractivity contribution < 1.29 is 13.9 Å². The van der Waals surface area contributed by atoms with E-state index >= 15 is 0 Å². The van der Waals surface area contributed by atoms with Gasteiger partial charge in [-0.25, -0.2) is 4.39 Å². The lowest BCUT2D eigenvalue weighted by atomic mass is 9.97. The molecule has 1 atom stereocenters. The van der Waals surface area contributed by atoms with Crippen LogP contribution in [0.3, 0.4) is 0 Å². The number of ether oxygens (including phenoxy) is 1. The predicted octanol–water partition coefficient (Wildman–Crippen LogP) is 3.08. The molecule has 4 heteroatoms. The Kier molecular flexibility index (Phi) is 3.48. The van der Waals surface area contributed by atoms with Crippen LogP contribution >= 0.6 is 0 Å². The van der Waals surface area contributed by atoms with Crippen molar-refractivity contribution in [3.8, 4) is 0 Å². The van der Waals surface area contributed by atoms with Gasteiger partial charge in [-0.1, -0.05) is 24.3 Å². The molecule has 3 nitrogen and oxygen atoms in total. The van der Waals surface area contributed by atoms with Gasteiger partial charge in [0, 0.05) is 5.69 Å². The van der Waals surface area contributed by atoms with E-state index in [4.69, 9.17) is 4.74 Å². The average molecular weight is 271 g/mol. The first-order chi connectivity index (χ1) is 9.74. The van der Waals surface area contributed by atoms with Gasteiger partial charge in [0.15, 0.2) is 6.10 Å². The Hall–Kier alpha value is -2.20. The summed E-state index contributed by atoms with van der Waals surface area (Å²) in [6, 6.07) is 13.4. The summed E-state index contributed by atoms with van der Waals surface area (Å²) >= 11 is 0. The second-order valence-electron chi connectivity index (χ2n) is 4.70. The molecular weight excluding hydrogens is 257 g/mol. The Morgan fingerprint density at radius 1 is 1.15 bits per heavy atom. The summed E-state index contributed by atoms with van der Waals surface area (Å²) in [6.07, 6.45) is 0.209. The largest absolute Gasteiger partial charge is 0.363 e. The smallest absolute Gasteiger partial charge is 0.258 e. The van der Waals surface area contributed by atoms with Crippen molar-refractivity contribution in [3.05, 3.63) is 65.5 Å². The Morgan fingerprint density at radius 3 is 2.70 bits per heavy atom. The van der Waals surface area contributed by atoms with Crippen LogP contribution in [0.15, 0.2) is 48.5 Å². The number of hydrogen-bond donors (Lipinski definition) is 1. The van der Waals surface area contributed by atoms with Crippen LogP contribution in [0.4, 0.5) is 10.1 Å². The number of nitrogens with one attached hydrogen (secondary N) is 1. The van der Waals surface area contributed by atoms with Crippen molar-refractivity contribution in [2.75, 3.05) is 11.9 Å². The number of anilines is 1. The minimum atomic E-state index is -0.606. The summed E-state index contributed by atoms with van der Waals surface area (Å²) < 4.78 is 18.4. The summed E-state index contributed by atoms with van der Waals surface area (Å²) in [7, 11) is 0. The Bertz CT molecular complexity index is 625. The second-order valence-corrected chi connectivity index (χ2v) is 4.70. The van der Waals surface area contributed by atoms with E-state index in [0.717, 1.165) is 17.5 Å². The van der Waals surface area contributed by atoms with Gasteiger partial charge in [-0.3, -0.25) is 4.79 Å². The van der Waals surface area contributed by atoms with E-state index < -0.39 is 6.10 Å². The van der Waals surface area contributed by atoms with Crippen LogP contribution in [0.2, 0.25) is 0 Å². The lowest BCUT2D eigenvalue weighted by molar-refractivity contribution is -0.128. The molecule has 0 fully saturated rings. The first-order valence-corrected chi connectivity index (χ1v) is 6.50. The molecule has 0 radical (unpaired) electrons. The van der Waals surface area contributed by atoms with Crippen LogP contribution in [0.25, 0.3) is 0 Å². The lowest BCUT2D eigenvalue weighted by Gasteiger charge is -2.25. The third-order valence-electron chi connectivity index (χ3n) is 3.34. The van der Waals surface area contributed by atoms with Crippen LogP contribution in [0, 0.1) is 5.82 Å². The van der Waals surface area contributed by atoms with E-state index in [1.807, 2.05) is 24.3 Å². The quantitative estimate of drug-likeness (QED) is 0.911. The van der Waals surface area contributed by atoms with E-state index in [1.165, 1.54) is 24.3 Å². The maximum atomic E-state index is 12.8. The molecule has 0 unspecified atom stereocenters. The molecule has 0 bridgehead atoms. The van der Waals surface area contributed by atoms with Crippen molar-refractivity contribution in [1.29, 1.82) is 0 Å². The molecule has 2 aromatic carbocycles. The normalized spacial score (nSPS) is 17.4. The minimum absolute atomic E-state index is 0.233. The third kappa shape index (κ3) is 2.56. The number of benzene rings is 2. The molecule has 0 saturated heterocycles. The zero-order valence-corrected chi connectivity index (χ0v) is 10.8. The van der Waals surface area contributed by atoms with Crippen LogP contribution < -0.4 is 5.32 Å². The molecule has 2 aromatic rings. The van der Waals surface area contributed by atoms with E-state index in [-0.39, 0.29) is 11.7 Å². The zero-order chi connectivity index (χ0) is 13.9. The molecule has 1 aliphatic heterocycles. The Morgan fingerprint density at radius 2 is 1.90 bits per heavy atom. The minimum Gasteiger partial charge on any atom is -0.363 e. The molecule has 0 aliphatic carbocycles. The number of hydrogen-bond acceptors (Lipinski definition) is 2. The fourth-order valence-corrected chi connectivity index (χ4v) is 2.35. The number of carbonyl (C=O) groups is 1. The third-order valence-corrected chi connectivity index (χ3v) is 3.34. The highest BCUT2D eigenvalue weighted by Gasteiger charge is 2.27. The monoisotopic (exact) mass is 271 g/mol. The summed E-state index contributed by atoms with van der Waals surface area (Å²) in [5.74, 6) is -0.564. The molecule has 1 heterocycles. The molecular formula is C16H14FNO2. The van der Waals surface area contributed by atoms with Gasteiger partial charge in [0.05, 0.1) is 6.61 Å². The first kappa shape index (κ1) is 12.8. The lowest BCUT2D eigenvalue weighted by Crippen LogP contribution is -2.28. The molecule has 0 saturated carbocycles. The fourth-order valence-electron chi connectivity index (χ4n) is 2.35. The van der Waals surface area contributed by atoms with E-state index in [2.05, 4.69) is 5.32 Å². The van der Waals surface area contributed by atoms with E-state index in [0.29, 0.717) is 12.3 Å². The zero-order valence-electron chi connectivity index (χ0n) is 10.8. The average Bonchev–Trinajstić information content (AvgIpc) is 2.49. The van der Waals surface area contributed by atoms with Gasteiger partial charge in [-0.05, 0) is 41.8 Å². The predicted molar refractivity (Wildman–Crippen MR) is 73.9 cm³/mol. The number of carbonyl (C=O) groups excluding carboxylic acids is 1.